The highest BCUT2D eigenvalue weighted by Gasteiger charge is 2.40. The Bertz CT molecular complexity index is 548. The van der Waals surface area contributed by atoms with Crippen LogP contribution in [0.5, 0.6) is 0 Å². The van der Waals surface area contributed by atoms with Crippen molar-refractivity contribution in [1.82, 2.24) is 10.3 Å². The van der Waals surface area contributed by atoms with Crippen molar-refractivity contribution in [2.24, 2.45) is 5.92 Å². The Balaban J connectivity index is 1.63. The fraction of sp³-hybridized carbons (Fsp3) is 0.737. The maximum Gasteiger partial charge on any atom is 0.168 e. The van der Waals surface area contributed by atoms with Gasteiger partial charge in [-0.05, 0) is 37.8 Å². The molecule has 24 heavy (non-hydrogen) atoms. The van der Waals surface area contributed by atoms with Gasteiger partial charge in [-0.25, -0.2) is 4.39 Å². The molecule has 5 heteroatoms. The molecule has 0 aromatic carbocycles. The van der Waals surface area contributed by atoms with E-state index < -0.39 is 0 Å². The largest absolute Gasteiger partial charge is 0.348 e. The van der Waals surface area contributed by atoms with Gasteiger partial charge in [0.15, 0.2) is 5.79 Å². The molecule has 1 atom stereocenters. The molecule has 1 N–H and O–H groups in total. The third-order valence-electron chi connectivity index (χ3n) is 5.51. The zero-order valence-electron chi connectivity index (χ0n) is 15.0. The highest BCUT2D eigenvalue weighted by atomic mass is 19.1. The summed E-state index contributed by atoms with van der Waals surface area (Å²) < 4.78 is 25.7. The van der Waals surface area contributed by atoms with Crippen LogP contribution in [0.25, 0.3) is 0 Å². The van der Waals surface area contributed by atoms with Crippen LogP contribution in [0.2, 0.25) is 0 Å². The van der Waals surface area contributed by atoms with Crippen LogP contribution in [0, 0.1) is 11.7 Å². The van der Waals surface area contributed by atoms with Crippen molar-refractivity contribution in [2.45, 2.75) is 70.7 Å². The van der Waals surface area contributed by atoms with E-state index in [-0.39, 0.29) is 11.6 Å². The molecule has 4 nitrogen and oxygen atoms in total. The first kappa shape index (κ1) is 17.8. The minimum Gasteiger partial charge on any atom is -0.348 e. The first-order valence-corrected chi connectivity index (χ1v) is 9.16. The summed E-state index contributed by atoms with van der Waals surface area (Å²) in [6, 6.07) is 3.73. The van der Waals surface area contributed by atoms with Crippen molar-refractivity contribution in [3.8, 4) is 0 Å². The van der Waals surface area contributed by atoms with Crippen LogP contribution >= 0.6 is 0 Å². The maximum absolute atomic E-state index is 14.1. The lowest BCUT2D eigenvalue weighted by molar-refractivity contribution is -0.178. The Morgan fingerprint density at radius 2 is 1.88 bits per heavy atom. The Kier molecular flexibility index (Phi) is 5.52. The molecule has 1 aromatic heterocycles. The van der Waals surface area contributed by atoms with Gasteiger partial charge in [0, 0.05) is 37.0 Å². The Morgan fingerprint density at radius 3 is 2.50 bits per heavy atom. The predicted octanol–water partition coefficient (Wildman–Crippen LogP) is 3.76. The topological polar surface area (TPSA) is 43.4 Å². The Morgan fingerprint density at radius 1 is 1.21 bits per heavy atom. The average Bonchev–Trinajstić information content (AvgIpc) is 3.02. The predicted molar refractivity (Wildman–Crippen MR) is 91.2 cm³/mol. The number of pyridine rings is 1. The molecule has 1 spiro atoms. The van der Waals surface area contributed by atoms with Gasteiger partial charge in [0.05, 0.1) is 18.9 Å². The van der Waals surface area contributed by atoms with E-state index in [1.807, 2.05) is 6.07 Å². The second-order valence-electron chi connectivity index (χ2n) is 7.46. The van der Waals surface area contributed by atoms with Gasteiger partial charge in [0.1, 0.15) is 5.82 Å². The summed E-state index contributed by atoms with van der Waals surface area (Å²) in [5, 5.41) is 3.37. The smallest absolute Gasteiger partial charge is 0.168 e. The highest BCUT2D eigenvalue weighted by molar-refractivity contribution is 5.17. The van der Waals surface area contributed by atoms with Crippen LogP contribution in [-0.4, -0.2) is 30.0 Å². The molecule has 0 unspecified atom stereocenters. The number of ether oxygens (including phenoxy) is 2. The van der Waals surface area contributed by atoms with Crippen LogP contribution < -0.4 is 5.32 Å². The van der Waals surface area contributed by atoms with Gasteiger partial charge in [-0.2, -0.15) is 0 Å². The summed E-state index contributed by atoms with van der Waals surface area (Å²) >= 11 is 0. The molecule has 0 amide bonds. The van der Waals surface area contributed by atoms with Crippen LogP contribution in [0.3, 0.4) is 0 Å². The molecule has 2 fully saturated rings. The molecular weight excluding hydrogens is 307 g/mol. The molecule has 134 valence electrons. The summed E-state index contributed by atoms with van der Waals surface area (Å²) in [4.78, 5) is 4.62. The number of hydrogen-bond acceptors (Lipinski definition) is 4. The van der Waals surface area contributed by atoms with Gasteiger partial charge >= 0.3 is 0 Å². The highest BCUT2D eigenvalue weighted by Crippen LogP contribution is 2.41. The SMILES string of the molecule is CC(C)[C@@H](C)NCc1nc(C2CCC3(CC2)OCCO3)ccc1F. The molecule has 3 rings (SSSR count). The van der Waals surface area contributed by atoms with Crippen molar-refractivity contribution in [3.05, 3.63) is 29.3 Å². The van der Waals surface area contributed by atoms with Crippen LogP contribution in [0.1, 0.15) is 63.8 Å². The summed E-state index contributed by atoms with van der Waals surface area (Å²) in [6.07, 6.45) is 3.76. The number of hydrogen-bond donors (Lipinski definition) is 1. The first-order valence-electron chi connectivity index (χ1n) is 9.16. The second kappa shape index (κ2) is 7.46. The molecule has 1 aliphatic heterocycles. The van der Waals surface area contributed by atoms with E-state index in [0.717, 1.165) is 31.4 Å². The van der Waals surface area contributed by atoms with E-state index in [9.17, 15) is 4.39 Å². The zero-order valence-corrected chi connectivity index (χ0v) is 15.0. The lowest BCUT2D eigenvalue weighted by Gasteiger charge is -2.35. The zero-order chi connectivity index (χ0) is 17.2. The fourth-order valence-electron chi connectivity index (χ4n) is 3.49. The third kappa shape index (κ3) is 3.95. The molecule has 1 saturated heterocycles. The Labute approximate surface area is 144 Å². The van der Waals surface area contributed by atoms with Gasteiger partial charge in [-0.15, -0.1) is 0 Å². The summed E-state index contributed by atoms with van der Waals surface area (Å²) in [6.45, 7) is 8.30. The molecule has 0 bridgehead atoms. The average molecular weight is 336 g/mol. The molecule has 1 aliphatic carbocycles. The van der Waals surface area contributed by atoms with E-state index in [0.29, 0.717) is 43.3 Å². The van der Waals surface area contributed by atoms with Crippen LogP contribution in [-0.2, 0) is 16.0 Å². The van der Waals surface area contributed by atoms with Gasteiger partial charge in [0.2, 0.25) is 0 Å². The van der Waals surface area contributed by atoms with Crippen LogP contribution in [0.15, 0.2) is 12.1 Å². The molecule has 1 saturated carbocycles. The van der Waals surface area contributed by atoms with Gasteiger partial charge in [-0.3, -0.25) is 4.98 Å². The number of nitrogens with zero attached hydrogens (tertiary/aromatic N) is 1. The second-order valence-corrected chi connectivity index (χ2v) is 7.46. The lowest BCUT2D eigenvalue weighted by Crippen LogP contribution is -2.35. The quantitative estimate of drug-likeness (QED) is 0.889. The van der Waals surface area contributed by atoms with Gasteiger partial charge in [0.25, 0.3) is 0 Å². The first-order chi connectivity index (χ1) is 11.5. The van der Waals surface area contributed by atoms with Crippen molar-refractivity contribution in [1.29, 1.82) is 0 Å². The third-order valence-corrected chi connectivity index (χ3v) is 5.51. The Hall–Kier alpha value is -1.04. The number of aromatic nitrogens is 1. The van der Waals surface area contributed by atoms with Crippen molar-refractivity contribution < 1.29 is 13.9 Å². The monoisotopic (exact) mass is 336 g/mol. The summed E-state index contributed by atoms with van der Waals surface area (Å²) in [7, 11) is 0. The van der Waals surface area contributed by atoms with E-state index in [1.165, 1.54) is 0 Å². The summed E-state index contributed by atoms with van der Waals surface area (Å²) in [5.74, 6) is 0.299. The normalized spacial score (nSPS) is 22.4. The number of halogens is 1. The summed E-state index contributed by atoms with van der Waals surface area (Å²) in [5.41, 5.74) is 1.52. The lowest BCUT2D eigenvalue weighted by atomic mass is 9.83. The number of nitrogens with one attached hydrogen (secondary N) is 1. The molecule has 2 aliphatic rings. The fourth-order valence-corrected chi connectivity index (χ4v) is 3.49. The van der Waals surface area contributed by atoms with Gasteiger partial charge in [-0.1, -0.05) is 13.8 Å². The number of rotatable bonds is 5. The molecule has 1 aromatic rings. The minimum absolute atomic E-state index is 0.225. The molecular formula is C19H29FN2O2. The van der Waals surface area contributed by atoms with E-state index >= 15 is 0 Å². The van der Waals surface area contributed by atoms with Crippen molar-refractivity contribution in [2.75, 3.05) is 13.2 Å². The molecule has 2 heterocycles. The van der Waals surface area contributed by atoms with Gasteiger partial charge < -0.3 is 14.8 Å². The van der Waals surface area contributed by atoms with Crippen molar-refractivity contribution >= 4 is 0 Å². The van der Waals surface area contributed by atoms with E-state index in [1.54, 1.807) is 6.07 Å². The van der Waals surface area contributed by atoms with E-state index in [2.05, 4.69) is 31.1 Å². The molecule has 0 radical (unpaired) electrons. The van der Waals surface area contributed by atoms with Crippen molar-refractivity contribution in [3.63, 3.8) is 0 Å². The van der Waals surface area contributed by atoms with E-state index in [4.69, 9.17) is 9.47 Å². The van der Waals surface area contributed by atoms with Crippen LogP contribution in [0.4, 0.5) is 4.39 Å². The maximum atomic E-state index is 14.1. The standard InChI is InChI=1S/C19H29FN2O2/c1-13(2)14(3)21-12-18-16(20)4-5-17(22-18)15-6-8-19(9-7-15)23-10-11-24-19/h4-5,13-15,21H,6-12H2,1-3H3/t14-/m1/s1. The minimum atomic E-state index is -0.354.